The van der Waals surface area contributed by atoms with E-state index in [0.717, 1.165) is 5.56 Å². The smallest absolute Gasteiger partial charge is 0.321 e. The van der Waals surface area contributed by atoms with Gasteiger partial charge in [-0.3, -0.25) is 4.79 Å². The highest BCUT2D eigenvalue weighted by Gasteiger charge is 2.32. The molecule has 2 rings (SSSR count). The molecule has 0 aromatic heterocycles. The molecule has 1 aliphatic rings. The Kier molecular flexibility index (Phi) is 4.90. The Morgan fingerprint density at radius 3 is 2.73 bits per heavy atom. The molecule has 22 heavy (non-hydrogen) atoms. The average Bonchev–Trinajstić information content (AvgIpc) is 2.48. The lowest BCUT2D eigenvalue weighted by Crippen LogP contribution is -2.47. The molecule has 0 spiro atoms. The van der Waals surface area contributed by atoms with E-state index in [9.17, 15) is 14.7 Å². The second kappa shape index (κ2) is 6.68. The Hall–Kier alpha value is -2.24. The first kappa shape index (κ1) is 16.1. The van der Waals surface area contributed by atoms with E-state index in [1.807, 2.05) is 26.0 Å². The molecule has 1 fully saturated rings. The van der Waals surface area contributed by atoms with Crippen LogP contribution in [0.3, 0.4) is 0 Å². The minimum Gasteiger partial charge on any atom is -0.495 e. The second-order valence-electron chi connectivity index (χ2n) is 5.86. The molecule has 6 nitrogen and oxygen atoms in total. The number of aliphatic carboxylic acids is 1. The summed E-state index contributed by atoms with van der Waals surface area (Å²) < 4.78 is 5.27. The first-order valence-corrected chi connectivity index (χ1v) is 7.34. The zero-order valence-corrected chi connectivity index (χ0v) is 13.1. The van der Waals surface area contributed by atoms with Crippen molar-refractivity contribution in [3.63, 3.8) is 0 Å². The number of carboxylic acid groups (broad SMARTS) is 1. The molecule has 1 aromatic rings. The van der Waals surface area contributed by atoms with Gasteiger partial charge in [0.05, 0.1) is 18.7 Å². The summed E-state index contributed by atoms with van der Waals surface area (Å²) in [7, 11) is 1.55. The monoisotopic (exact) mass is 306 g/mol. The lowest BCUT2D eigenvalue weighted by molar-refractivity contribution is -0.143. The topological polar surface area (TPSA) is 78.9 Å². The molecule has 0 bridgehead atoms. The fourth-order valence-corrected chi connectivity index (χ4v) is 2.85. The van der Waals surface area contributed by atoms with Crippen molar-refractivity contribution < 1.29 is 19.4 Å². The van der Waals surface area contributed by atoms with Crippen LogP contribution in [-0.2, 0) is 4.79 Å². The molecule has 2 amide bonds. The van der Waals surface area contributed by atoms with E-state index in [-0.39, 0.29) is 18.5 Å². The Morgan fingerprint density at radius 1 is 1.36 bits per heavy atom. The van der Waals surface area contributed by atoms with E-state index in [1.165, 1.54) is 0 Å². The van der Waals surface area contributed by atoms with Crippen molar-refractivity contribution in [2.24, 2.45) is 11.8 Å². The van der Waals surface area contributed by atoms with Gasteiger partial charge >= 0.3 is 12.0 Å². The molecule has 1 aromatic carbocycles. The number of aryl methyl sites for hydroxylation is 1. The number of urea groups is 1. The zero-order valence-electron chi connectivity index (χ0n) is 13.1. The third-order valence-electron chi connectivity index (χ3n) is 3.98. The van der Waals surface area contributed by atoms with Gasteiger partial charge in [0.25, 0.3) is 0 Å². The van der Waals surface area contributed by atoms with Crippen molar-refractivity contribution in [1.82, 2.24) is 4.90 Å². The van der Waals surface area contributed by atoms with Gasteiger partial charge in [0.1, 0.15) is 5.75 Å². The Balaban J connectivity index is 2.13. The summed E-state index contributed by atoms with van der Waals surface area (Å²) in [5.74, 6) is -0.598. The number of hydrogen-bond donors (Lipinski definition) is 2. The van der Waals surface area contributed by atoms with Crippen LogP contribution in [-0.4, -0.2) is 42.2 Å². The maximum Gasteiger partial charge on any atom is 0.321 e. The minimum absolute atomic E-state index is 0.166. The van der Waals surface area contributed by atoms with Crippen molar-refractivity contribution in [3.05, 3.63) is 23.8 Å². The van der Waals surface area contributed by atoms with Crippen LogP contribution < -0.4 is 10.1 Å². The van der Waals surface area contributed by atoms with Gasteiger partial charge in [0.2, 0.25) is 0 Å². The fourth-order valence-electron chi connectivity index (χ4n) is 2.85. The molecular formula is C16H22N2O4. The van der Waals surface area contributed by atoms with Crippen molar-refractivity contribution >= 4 is 17.7 Å². The molecule has 1 heterocycles. The third kappa shape index (κ3) is 3.50. The number of ether oxygens (including phenoxy) is 1. The predicted octanol–water partition coefficient (Wildman–Crippen LogP) is 2.58. The number of carbonyl (C=O) groups excluding carboxylic acids is 1. The van der Waals surface area contributed by atoms with Crippen LogP contribution >= 0.6 is 0 Å². The van der Waals surface area contributed by atoms with E-state index in [1.54, 1.807) is 18.1 Å². The first-order chi connectivity index (χ1) is 10.4. The van der Waals surface area contributed by atoms with Gasteiger partial charge in [-0.1, -0.05) is 19.1 Å². The van der Waals surface area contributed by atoms with Crippen LogP contribution in [0.25, 0.3) is 0 Å². The minimum atomic E-state index is -0.849. The highest BCUT2D eigenvalue weighted by Crippen LogP contribution is 2.29. The SMILES string of the molecule is COc1cccc(C)c1NC(=O)N1CC(C)CC(C(=O)O)C1. The molecule has 1 aliphatic heterocycles. The van der Waals surface area contributed by atoms with Crippen molar-refractivity contribution in [2.45, 2.75) is 20.3 Å². The maximum absolute atomic E-state index is 12.5. The number of piperidine rings is 1. The molecule has 120 valence electrons. The summed E-state index contributed by atoms with van der Waals surface area (Å²) in [5, 5.41) is 12.0. The number of hydrogen-bond acceptors (Lipinski definition) is 3. The molecule has 0 radical (unpaired) electrons. The number of nitrogens with zero attached hydrogens (tertiary/aromatic N) is 1. The number of carbonyl (C=O) groups is 2. The predicted molar refractivity (Wildman–Crippen MR) is 83.2 cm³/mol. The zero-order chi connectivity index (χ0) is 16.3. The number of likely N-dealkylation sites (tertiary alicyclic amines) is 1. The summed E-state index contributed by atoms with van der Waals surface area (Å²) >= 11 is 0. The van der Waals surface area contributed by atoms with Gasteiger partial charge in [0.15, 0.2) is 0 Å². The summed E-state index contributed by atoms with van der Waals surface area (Å²) in [4.78, 5) is 25.2. The van der Waals surface area contributed by atoms with Gasteiger partial charge in [0, 0.05) is 13.1 Å². The largest absolute Gasteiger partial charge is 0.495 e. The van der Waals surface area contributed by atoms with Crippen LogP contribution in [0.15, 0.2) is 18.2 Å². The van der Waals surface area contributed by atoms with Crippen LogP contribution in [0.1, 0.15) is 18.9 Å². The van der Waals surface area contributed by atoms with Gasteiger partial charge in [-0.25, -0.2) is 4.79 Å². The van der Waals surface area contributed by atoms with E-state index >= 15 is 0 Å². The highest BCUT2D eigenvalue weighted by molar-refractivity contribution is 5.92. The summed E-state index contributed by atoms with van der Waals surface area (Å²) in [5.41, 5.74) is 1.52. The van der Waals surface area contributed by atoms with Crippen molar-refractivity contribution in [3.8, 4) is 5.75 Å². The average molecular weight is 306 g/mol. The van der Waals surface area contributed by atoms with Crippen LogP contribution in [0.4, 0.5) is 10.5 Å². The van der Waals surface area contributed by atoms with Crippen molar-refractivity contribution in [2.75, 3.05) is 25.5 Å². The van der Waals surface area contributed by atoms with Crippen LogP contribution in [0.5, 0.6) is 5.75 Å². The Labute approximate surface area is 130 Å². The van der Waals surface area contributed by atoms with E-state index in [4.69, 9.17) is 4.74 Å². The summed E-state index contributed by atoms with van der Waals surface area (Å²) in [6.07, 6.45) is 0.604. The molecule has 6 heteroatoms. The number of methoxy groups -OCH3 is 1. The van der Waals surface area contributed by atoms with E-state index in [0.29, 0.717) is 24.4 Å². The Bertz CT molecular complexity index is 573. The number of carboxylic acids is 1. The number of amides is 2. The Morgan fingerprint density at radius 2 is 2.09 bits per heavy atom. The van der Waals surface area contributed by atoms with Gasteiger partial charge in [-0.2, -0.15) is 0 Å². The van der Waals surface area contributed by atoms with E-state index < -0.39 is 11.9 Å². The highest BCUT2D eigenvalue weighted by atomic mass is 16.5. The molecule has 2 atom stereocenters. The quantitative estimate of drug-likeness (QED) is 0.899. The molecule has 0 aliphatic carbocycles. The number of benzene rings is 1. The standard InChI is InChI=1S/C16H22N2O4/c1-10-7-12(15(19)20)9-18(8-10)16(21)17-14-11(2)5-4-6-13(14)22-3/h4-6,10,12H,7-9H2,1-3H3,(H,17,21)(H,19,20). The molecule has 0 saturated carbocycles. The normalized spacial score (nSPS) is 21.3. The van der Waals surface area contributed by atoms with Crippen molar-refractivity contribution in [1.29, 1.82) is 0 Å². The number of anilines is 1. The van der Waals surface area contributed by atoms with Gasteiger partial charge in [-0.15, -0.1) is 0 Å². The third-order valence-corrected chi connectivity index (χ3v) is 3.98. The molecule has 2 unspecified atom stereocenters. The summed E-state index contributed by atoms with van der Waals surface area (Å²) in [6, 6.07) is 5.23. The fraction of sp³-hybridized carbons (Fsp3) is 0.500. The number of rotatable bonds is 3. The van der Waals surface area contributed by atoms with Gasteiger partial charge < -0.3 is 20.1 Å². The van der Waals surface area contributed by atoms with Crippen LogP contribution in [0, 0.1) is 18.8 Å². The van der Waals surface area contributed by atoms with E-state index in [2.05, 4.69) is 5.32 Å². The number of nitrogens with one attached hydrogen (secondary N) is 1. The lowest BCUT2D eigenvalue weighted by Gasteiger charge is -2.34. The lowest BCUT2D eigenvalue weighted by atomic mass is 9.91. The van der Waals surface area contributed by atoms with Crippen LogP contribution in [0.2, 0.25) is 0 Å². The second-order valence-corrected chi connectivity index (χ2v) is 5.86. The molecular weight excluding hydrogens is 284 g/mol. The molecule has 2 N–H and O–H groups in total. The van der Waals surface area contributed by atoms with Gasteiger partial charge in [-0.05, 0) is 30.9 Å². The summed E-state index contributed by atoms with van der Waals surface area (Å²) in [6.45, 7) is 4.64. The molecule has 1 saturated heterocycles. The maximum atomic E-state index is 12.5. The first-order valence-electron chi connectivity index (χ1n) is 7.34. The number of para-hydroxylation sites is 1.